The Hall–Kier alpha value is -4.76. The maximum Gasteiger partial charge on any atom is 0.416 e. The van der Waals surface area contributed by atoms with Gasteiger partial charge in [0, 0.05) is 37.8 Å². The van der Waals surface area contributed by atoms with Gasteiger partial charge in [0.15, 0.2) is 5.82 Å². The van der Waals surface area contributed by atoms with E-state index in [2.05, 4.69) is 33.4 Å². The Morgan fingerprint density at radius 1 is 1.06 bits per heavy atom. The molecule has 0 spiro atoms. The number of nitriles is 1. The number of halogens is 3. The van der Waals surface area contributed by atoms with Gasteiger partial charge in [0.25, 0.3) is 5.91 Å². The number of nitrogens with one attached hydrogen (secondary N) is 1. The Bertz CT molecular complexity index is 1890. The summed E-state index contributed by atoms with van der Waals surface area (Å²) >= 11 is 0. The molecule has 1 aliphatic carbocycles. The summed E-state index contributed by atoms with van der Waals surface area (Å²) in [4.78, 5) is 22.3. The van der Waals surface area contributed by atoms with Gasteiger partial charge in [0.2, 0.25) is 0 Å². The number of aryl methyl sites for hydroxylation is 1. The maximum absolute atomic E-state index is 14.5. The van der Waals surface area contributed by atoms with E-state index in [0.29, 0.717) is 58.8 Å². The minimum absolute atomic E-state index is 0.0314. The van der Waals surface area contributed by atoms with Crippen molar-refractivity contribution in [3.8, 4) is 28.6 Å². The fraction of sp³-hybridized carbons (Fsp3) is 0.400. The first kappa shape index (κ1) is 30.9. The molecule has 242 valence electrons. The van der Waals surface area contributed by atoms with Crippen molar-refractivity contribution in [2.24, 2.45) is 18.9 Å². The number of rotatable bonds is 8. The van der Waals surface area contributed by atoms with Gasteiger partial charge in [0.05, 0.1) is 23.7 Å². The van der Waals surface area contributed by atoms with Crippen LogP contribution in [0.2, 0.25) is 0 Å². The van der Waals surface area contributed by atoms with E-state index in [-0.39, 0.29) is 23.5 Å². The molecule has 2 aromatic carbocycles. The average molecular weight is 641 g/mol. The van der Waals surface area contributed by atoms with Crippen molar-refractivity contribution in [3.63, 3.8) is 0 Å². The van der Waals surface area contributed by atoms with E-state index in [1.165, 1.54) is 11.0 Å². The van der Waals surface area contributed by atoms with Crippen LogP contribution in [0, 0.1) is 23.2 Å². The predicted octanol–water partition coefficient (Wildman–Crippen LogP) is 6.65. The molecule has 4 aromatic rings. The van der Waals surface area contributed by atoms with Gasteiger partial charge in [-0.3, -0.25) is 14.6 Å². The number of benzene rings is 2. The minimum Gasteiger partial charge on any atom is -0.370 e. The molecule has 0 bridgehead atoms. The van der Waals surface area contributed by atoms with Crippen LogP contribution >= 0.6 is 0 Å². The Balaban J connectivity index is 1.30. The number of anilines is 2. The SMILES string of the molecule is C[C@H]1CCCN(Cc2cc3c(c(C(F)(F)F)c2)CN(c2cc(-c4ccc(C#N)cc4-c4nncn4C)cc(NCC4CC4)n2)C3=O)C1. The van der Waals surface area contributed by atoms with E-state index in [0.717, 1.165) is 44.3 Å². The first-order valence-corrected chi connectivity index (χ1v) is 16.0. The van der Waals surface area contributed by atoms with E-state index in [1.54, 1.807) is 42.2 Å². The lowest BCUT2D eigenvalue weighted by Gasteiger charge is -2.31. The van der Waals surface area contributed by atoms with E-state index < -0.39 is 17.6 Å². The topological polar surface area (TPSA) is 103 Å². The Morgan fingerprint density at radius 3 is 2.60 bits per heavy atom. The van der Waals surface area contributed by atoms with Gasteiger partial charge in [0.1, 0.15) is 18.0 Å². The van der Waals surface area contributed by atoms with Gasteiger partial charge in [-0.15, -0.1) is 10.2 Å². The van der Waals surface area contributed by atoms with E-state index in [1.807, 2.05) is 12.1 Å². The maximum atomic E-state index is 14.5. The summed E-state index contributed by atoms with van der Waals surface area (Å²) in [5, 5.41) is 21.3. The lowest BCUT2D eigenvalue weighted by molar-refractivity contribution is -0.138. The molecular formula is C35H35F3N8O. The molecule has 2 fully saturated rings. The van der Waals surface area contributed by atoms with Crippen molar-refractivity contribution in [3.05, 3.63) is 76.6 Å². The number of fused-ring (bicyclic) bond motifs is 1. The van der Waals surface area contributed by atoms with E-state index in [9.17, 15) is 23.2 Å². The van der Waals surface area contributed by atoms with Gasteiger partial charge in [-0.25, -0.2) is 4.98 Å². The number of alkyl halides is 3. The molecule has 2 aromatic heterocycles. The van der Waals surface area contributed by atoms with Crippen LogP contribution in [-0.2, 0) is 26.3 Å². The van der Waals surface area contributed by atoms with E-state index in [4.69, 9.17) is 4.98 Å². The zero-order valence-corrected chi connectivity index (χ0v) is 26.3. The number of aromatic nitrogens is 4. The molecular weight excluding hydrogens is 605 g/mol. The lowest BCUT2D eigenvalue weighted by atomic mass is 9.96. The third-order valence-corrected chi connectivity index (χ3v) is 9.32. The highest BCUT2D eigenvalue weighted by atomic mass is 19.4. The highest BCUT2D eigenvalue weighted by Crippen LogP contribution is 2.41. The summed E-state index contributed by atoms with van der Waals surface area (Å²) < 4.78 is 45.3. The van der Waals surface area contributed by atoms with Crippen molar-refractivity contribution in [1.29, 1.82) is 5.26 Å². The molecule has 4 heterocycles. The van der Waals surface area contributed by atoms with Crippen molar-refractivity contribution >= 4 is 17.5 Å². The fourth-order valence-electron chi connectivity index (χ4n) is 6.73. The molecule has 9 nitrogen and oxygen atoms in total. The number of amides is 1. The number of likely N-dealkylation sites (tertiary alicyclic amines) is 1. The predicted molar refractivity (Wildman–Crippen MR) is 171 cm³/mol. The molecule has 1 saturated carbocycles. The monoisotopic (exact) mass is 640 g/mol. The Kier molecular flexibility index (Phi) is 7.96. The summed E-state index contributed by atoms with van der Waals surface area (Å²) in [6.45, 7) is 4.61. The number of carbonyl (C=O) groups excluding carboxylic acids is 1. The number of hydrogen-bond donors (Lipinski definition) is 1. The Labute approximate surface area is 271 Å². The third-order valence-electron chi connectivity index (χ3n) is 9.32. The van der Waals surface area contributed by atoms with Crippen molar-refractivity contribution < 1.29 is 18.0 Å². The summed E-state index contributed by atoms with van der Waals surface area (Å²) in [7, 11) is 1.80. The molecule has 3 aliphatic rings. The van der Waals surface area contributed by atoms with Crippen LogP contribution in [0.5, 0.6) is 0 Å². The second-order valence-corrected chi connectivity index (χ2v) is 13.1. The summed E-state index contributed by atoms with van der Waals surface area (Å²) in [5.74, 6) is 1.79. The summed E-state index contributed by atoms with van der Waals surface area (Å²) in [5.41, 5.74) is 2.24. The van der Waals surface area contributed by atoms with Crippen molar-refractivity contribution in [2.45, 2.75) is 51.9 Å². The summed E-state index contributed by atoms with van der Waals surface area (Å²) in [6.07, 6.45) is 1.28. The second kappa shape index (κ2) is 12.1. The molecule has 1 atom stereocenters. The van der Waals surface area contributed by atoms with Crippen LogP contribution in [-0.4, -0.2) is 50.2 Å². The Morgan fingerprint density at radius 2 is 1.89 bits per heavy atom. The zero-order valence-electron chi connectivity index (χ0n) is 26.3. The molecule has 1 amide bonds. The molecule has 7 rings (SSSR count). The highest BCUT2D eigenvalue weighted by molar-refractivity contribution is 6.10. The summed E-state index contributed by atoms with van der Waals surface area (Å²) in [6, 6.07) is 13.8. The van der Waals surface area contributed by atoms with Gasteiger partial charge in [-0.05, 0) is 103 Å². The van der Waals surface area contributed by atoms with Crippen LogP contribution in [0.3, 0.4) is 0 Å². The normalized spacial score (nSPS) is 18.3. The first-order valence-electron chi connectivity index (χ1n) is 16.0. The van der Waals surface area contributed by atoms with Gasteiger partial charge < -0.3 is 9.88 Å². The standard InChI is InChI=1S/C35H35F3N8O/c1-21-4-3-9-45(17-21)18-24-11-28-29(30(12-24)35(36,37)38)19-46(34(28)47)32-14-25(13-31(42-32)40-16-22-5-6-22)26-8-7-23(15-39)10-27(26)33-43-41-20-44(33)2/h7-8,10-14,20-22H,3-6,9,16-19H2,1-2H3,(H,40,42)/t21-/m0/s1. The average Bonchev–Trinajstić information content (AvgIpc) is 3.69. The molecule has 0 radical (unpaired) electrons. The third kappa shape index (κ3) is 6.32. The first-order chi connectivity index (χ1) is 22.6. The zero-order chi connectivity index (χ0) is 32.9. The molecule has 2 aliphatic heterocycles. The molecule has 1 N–H and O–H groups in total. The number of carbonyl (C=O) groups is 1. The molecule has 12 heteroatoms. The number of hydrogen-bond acceptors (Lipinski definition) is 7. The van der Waals surface area contributed by atoms with E-state index >= 15 is 0 Å². The number of pyridine rings is 1. The van der Waals surface area contributed by atoms with Gasteiger partial charge in [-0.2, -0.15) is 18.4 Å². The molecule has 47 heavy (non-hydrogen) atoms. The lowest BCUT2D eigenvalue weighted by Crippen LogP contribution is -2.33. The molecule has 1 saturated heterocycles. The van der Waals surface area contributed by atoms with Crippen molar-refractivity contribution in [1.82, 2.24) is 24.6 Å². The van der Waals surface area contributed by atoms with Crippen LogP contribution in [0.4, 0.5) is 24.8 Å². The minimum atomic E-state index is -4.62. The highest BCUT2D eigenvalue weighted by Gasteiger charge is 2.41. The number of nitrogens with zero attached hydrogens (tertiary/aromatic N) is 7. The van der Waals surface area contributed by atoms with Crippen LogP contribution in [0.1, 0.15) is 65.2 Å². The quantitative estimate of drug-likeness (QED) is 0.230. The fourth-order valence-corrected chi connectivity index (χ4v) is 6.73. The second-order valence-electron chi connectivity index (χ2n) is 13.1. The van der Waals surface area contributed by atoms with Crippen LogP contribution in [0.25, 0.3) is 22.5 Å². The van der Waals surface area contributed by atoms with Crippen LogP contribution < -0.4 is 10.2 Å². The number of piperidine rings is 1. The largest absolute Gasteiger partial charge is 0.416 e. The van der Waals surface area contributed by atoms with Crippen molar-refractivity contribution in [2.75, 3.05) is 29.9 Å². The van der Waals surface area contributed by atoms with Gasteiger partial charge >= 0.3 is 6.18 Å². The van der Waals surface area contributed by atoms with Gasteiger partial charge in [-0.1, -0.05) is 13.0 Å². The molecule has 0 unspecified atom stereocenters. The smallest absolute Gasteiger partial charge is 0.370 e. The van der Waals surface area contributed by atoms with Crippen LogP contribution in [0.15, 0.2) is 48.8 Å².